The molecule has 0 unspecified atom stereocenters. The Morgan fingerprint density at radius 1 is 1.25 bits per heavy atom. The zero-order valence-electron chi connectivity index (χ0n) is 8.41. The fourth-order valence-electron chi connectivity index (χ4n) is 1.32. The molecule has 1 aromatic heterocycles. The first kappa shape index (κ1) is 11.1. The van der Waals surface area contributed by atoms with E-state index >= 15 is 0 Å². The lowest BCUT2D eigenvalue weighted by atomic mass is 10.1. The van der Waals surface area contributed by atoms with Gasteiger partial charge in [-0.05, 0) is 18.2 Å². The largest absolute Gasteiger partial charge is 0.371 e. The highest BCUT2D eigenvalue weighted by atomic mass is 35.5. The Balaban J connectivity index is 2.58. The van der Waals surface area contributed by atoms with E-state index in [1.54, 1.807) is 25.2 Å². The third kappa shape index (κ3) is 2.08. The molecular weight excluding hydrogens is 247 g/mol. The number of benzene rings is 1. The molecule has 2 rings (SSSR count). The molecule has 2 aromatic rings. The maximum Gasteiger partial charge on any atom is 0.156 e. The molecule has 82 valence electrons. The van der Waals surface area contributed by atoms with E-state index in [1.807, 2.05) is 0 Å². The highest BCUT2D eigenvalue weighted by Gasteiger charge is 2.11. The van der Waals surface area contributed by atoms with E-state index in [2.05, 4.69) is 20.5 Å². The van der Waals surface area contributed by atoms with Crippen molar-refractivity contribution in [3.63, 3.8) is 0 Å². The Morgan fingerprint density at radius 3 is 2.75 bits per heavy atom. The Morgan fingerprint density at radius 2 is 2.06 bits per heavy atom. The quantitative estimate of drug-likeness (QED) is 0.896. The molecule has 1 N–H and O–H groups in total. The summed E-state index contributed by atoms with van der Waals surface area (Å²) in [6.45, 7) is 0. The van der Waals surface area contributed by atoms with E-state index < -0.39 is 0 Å². The van der Waals surface area contributed by atoms with Crippen molar-refractivity contribution in [2.75, 3.05) is 12.4 Å². The van der Waals surface area contributed by atoms with Crippen molar-refractivity contribution in [2.45, 2.75) is 0 Å². The number of halogens is 2. The van der Waals surface area contributed by atoms with Gasteiger partial charge in [-0.15, -0.1) is 10.2 Å². The molecule has 16 heavy (non-hydrogen) atoms. The molecule has 4 nitrogen and oxygen atoms in total. The van der Waals surface area contributed by atoms with E-state index in [1.165, 1.54) is 6.33 Å². The number of nitrogens with one attached hydrogen (secondary N) is 1. The van der Waals surface area contributed by atoms with Gasteiger partial charge in [-0.1, -0.05) is 23.2 Å². The molecule has 6 heteroatoms. The Labute approximate surface area is 103 Å². The van der Waals surface area contributed by atoms with E-state index in [9.17, 15) is 0 Å². The summed E-state index contributed by atoms with van der Waals surface area (Å²) in [6, 6.07) is 5.20. The van der Waals surface area contributed by atoms with Crippen LogP contribution in [0.15, 0.2) is 24.5 Å². The zero-order chi connectivity index (χ0) is 11.5. The number of hydrogen-bond acceptors (Lipinski definition) is 4. The first-order valence-corrected chi connectivity index (χ1v) is 5.29. The van der Waals surface area contributed by atoms with Crippen LogP contribution >= 0.6 is 23.2 Å². The van der Waals surface area contributed by atoms with Gasteiger partial charge in [0.2, 0.25) is 0 Å². The number of aromatic nitrogens is 3. The van der Waals surface area contributed by atoms with Crippen molar-refractivity contribution >= 4 is 29.0 Å². The lowest BCUT2D eigenvalue weighted by Crippen LogP contribution is -1.99. The van der Waals surface area contributed by atoms with Gasteiger partial charge in [-0.3, -0.25) is 0 Å². The fourth-order valence-corrected chi connectivity index (χ4v) is 1.82. The second kappa shape index (κ2) is 4.63. The molecule has 0 aliphatic heterocycles. The van der Waals surface area contributed by atoms with Gasteiger partial charge in [0.05, 0.1) is 5.02 Å². The molecule has 0 bridgehead atoms. The summed E-state index contributed by atoms with van der Waals surface area (Å²) < 4.78 is 0. The minimum Gasteiger partial charge on any atom is -0.371 e. The van der Waals surface area contributed by atoms with Gasteiger partial charge >= 0.3 is 0 Å². The smallest absolute Gasteiger partial charge is 0.156 e. The number of anilines is 1. The van der Waals surface area contributed by atoms with Crippen LogP contribution in [0, 0.1) is 0 Å². The molecule has 0 atom stereocenters. The fraction of sp³-hybridized carbons (Fsp3) is 0.100. The lowest BCUT2D eigenvalue weighted by Gasteiger charge is -2.07. The summed E-state index contributed by atoms with van der Waals surface area (Å²) in [6.07, 6.45) is 1.37. The normalized spacial score (nSPS) is 10.2. The minimum absolute atomic E-state index is 0.520. The van der Waals surface area contributed by atoms with Gasteiger partial charge in [0.25, 0.3) is 0 Å². The van der Waals surface area contributed by atoms with Crippen molar-refractivity contribution in [3.8, 4) is 11.3 Å². The van der Waals surface area contributed by atoms with Gasteiger partial charge in [-0.25, -0.2) is 4.98 Å². The first-order chi connectivity index (χ1) is 7.72. The van der Waals surface area contributed by atoms with Gasteiger partial charge in [0.15, 0.2) is 5.82 Å². The van der Waals surface area contributed by atoms with Crippen molar-refractivity contribution in [3.05, 3.63) is 34.6 Å². The predicted molar refractivity (Wildman–Crippen MR) is 64.8 cm³/mol. The second-order valence-corrected chi connectivity index (χ2v) is 3.88. The average molecular weight is 255 g/mol. The monoisotopic (exact) mass is 254 g/mol. The van der Waals surface area contributed by atoms with Crippen LogP contribution in [0.3, 0.4) is 0 Å². The molecule has 0 aliphatic rings. The summed E-state index contributed by atoms with van der Waals surface area (Å²) in [5.74, 6) is 0.624. The average Bonchev–Trinajstić information content (AvgIpc) is 2.29. The van der Waals surface area contributed by atoms with Crippen LogP contribution in [0.25, 0.3) is 11.3 Å². The Bertz CT molecular complexity index is 516. The number of rotatable bonds is 2. The van der Waals surface area contributed by atoms with Gasteiger partial charge < -0.3 is 5.32 Å². The predicted octanol–water partition coefficient (Wildman–Crippen LogP) is 2.89. The van der Waals surface area contributed by atoms with Crippen LogP contribution < -0.4 is 5.32 Å². The molecule has 1 heterocycles. The minimum atomic E-state index is 0.520. The van der Waals surface area contributed by atoms with E-state index in [0.717, 1.165) is 5.56 Å². The van der Waals surface area contributed by atoms with Crippen LogP contribution in [-0.4, -0.2) is 22.2 Å². The van der Waals surface area contributed by atoms with Gasteiger partial charge in [0, 0.05) is 17.6 Å². The maximum atomic E-state index is 6.09. The van der Waals surface area contributed by atoms with E-state index in [4.69, 9.17) is 23.2 Å². The Hall–Kier alpha value is -1.39. The summed E-state index contributed by atoms with van der Waals surface area (Å²) in [5.41, 5.74) is 1.35. The van der Waals surface area contributed by atoms with E-state index in [0.29, 0.717) is 21.6 Å². The van der Waals surface area contributed by atoms with Crippen LogP contribution in [0.2, 0.25) is 10.0 Å². The number of hydrogen-bond donors (Lipinski definition) is 1. The third-order valence-electron chi connectivity index (χ3n) is 2.04. The van der Waals surface area contributed by atoms with Crippen LogP contribution in [0.5, 0.6) is 0 Å². The van der Waals surface area contributed by atoms with E-state index in [-0.39, 0.29) is 0 Å². The molecule has 0 saturated heterocycles. The van der Waals surface area contributed by atoms with Crippen LogP contribution in [0.1, 0.15) is 0 Å². The highest BCUT2D eigenvalue weighted by Crippen LogP contribution is 2.31. The summed E-state index contributed by atoms with van der Waals surface area (Å²) >= 11 is 11.9. The van der Waals surface area contributed by atoms with Crippen molar-refractivity contribution in [2.24, 2.45) is 0 Å². The Kier molecular flexibility index (Phi) is 3.22. The maximum absolute atomic E-state index is 6.09. The summed E-state index contributed by atoms with van der Waals surface area (Å²) in [5, 5.41) is 11.8. The zero-order valence-corrected chi connectivity index (χ0v) is 9.92. The SMILES string of the molecule is CNc1ncnnc1-c1ccc(Cl)cc1Cl. The third-order valence-corrected chi connectivity index (χ3v) is 2.59. The molecule has 0 fully saturated rings. The molecule has 0 spiro atoms. The molecule has 0 radical (unpaired) electrons. The molecule has 0 aliphatic carbocycles. The van der Waals surface area contributed by atoms with Gasteiger partial charge in [-0.2, -0.15) is 0 Å². The van der Waals surface area contributed by atoms with Crippen molar-refractivity contribution < 1.29 is 0 Å². The summed E-state index contributed by atoms with van der Waals surface area (Å²) in [7, 11) is 1.76. The van der Waals surface area contributed by atoms with Crippen LogP contribution in [-0.2, 0) is 0 Å². The standard InChI is InChI=1S/C10H8Cl2N4/c1-13-10-9(16-15-5-14-10)7-3-2-6(11)4-8(7)12/h2-5H,1H3,(H,13,14,15). The van der Waals surface area contributed by atoms with Crippen LogP contribution in [0.4, 0.5) is 5.82 Å². The molecule has 1 aromatic carbocycles. The second-order valence-electron chi connectivity index (χ2n) is 3.03. The molecule has 0 saturated carbocycles. The summed E-state index contributed by atoms with van der Waals surface area (Å²) in [4.78, 5) is 4.06. The molecular formula is C10H8Cl2N4. The van der Waals surface area contributed by atoms with Crippen molar-refractivity contribution in [1.29, 1.82) is 0 Å². The van der Waals surface area contributed by atoms with Gasteiger partial charge in [0.1, 0.15) is 12.0 Å². The first-order valence-electron chi connectivity index (χ1n) is 4.53. The highest BCUT2D eigenvalue weighted by molar-refractivity contribution is 6.36. The number of nitrogens with zero attached hydrogens (tertiary/aromatic N) is 3. The van der Waals surface area contributed by atoms with Crippen molar-refractivity contribution in [1.82, 2.24) is 15.2 Å². The molecule has 0 amide bonds. The topological polar surface area (TPSA) is 50.7 Å². The lowest BCUT2D eigenvalue weighted by molar-refractivity contribution is 0.978.